The summed E-state index contributed by atoms with van der Waals surface area (Å²) in [4.78, 5) is 0. The van der Waals surface area contributed by atoms with Crippen LogP contribution in [0.2, 0.25) is 0 Å². The van der Waals surface area contributed by atoms with E-state index in [0.717, 1.165) is 30.7 Å². The molecular weight excluding hydrogens is 270 g/mol. The van der Waals surface area contributed by atoms with Crippen LogP contribution in [-0.2, 0) is 4.74 Å². The van der Waals surface area contributed by atoms with E-state index < -0.39 is 0 Å². The Morgan fingerprint density at radius 1 is 1.38 bits per heavy atom. The lowest BCUT2D eigenvalue weighted by Crippen LogP contribution is -2.22. The molecule has 4 rings (SSSR count). The van der Waals surface area contributed by atoms with E-state index in [1.165, 1.54) is 0 Å². The number of hydrogen-bond donors (Lipinski definition) is 1. The summed E-state index contributed by atoms with van der Waals surface area (Å²) >= 11 is 0. The fourth-order valence-corrected chi connectivity index (χ4v) is 3.35. The first kappa shape index (κ1) is 12.6. The average molecular weight is 287 g/mol. The van der Waals surface area contributed by atoms with Crippen LogP contribution in [0.1, 0.15) is 25.3 Å². The molecule has 0 amide bonds. The first-order chi connectivity index (χ1) is 10.3. The normalized spacial score (nSPS) is 27.2. The van der Waals surface area contributed by atoms with Gasteiger partial charge in [0, 0.05) is 5.56 Å². The predicted octanol–water partition coefficient (Wildman–Crippen LogP) is 1.42. The molecule has 3 unspecified atom stereocenters. The van der Waals surface area contributed by atoms with Crippen molar-refractivity contribution in [1.82, 2.24) is 20.2 Å². The van der Waals surface area contributed by atoms with Gasteiger partial charge in [-0.15, -0.1) is 5.10 Å². The number of methoxy groups -OCH3 is 1. The highest BCUT2D eigenvalue weighted by molar-refractivity contribution is 5.66. The van der Waals surface area contributed by atoms with Crippen LogP contribution >= 0.6 is 0 Å². The van der Waals surface area contributed by atoms with Gasteiger partial charge in [0.2, 0.25) is 0 Å². The molecule has 0 aliphatic carbocycles. The minimum absolute atomic E-state index is 0.220. The van der Waals surface area contributed by atoms with Crippen LogP contribution in [0.4, 0.5) is 5.69 Å². The zero-order chi connectivity index (χ0) is 14.4. The van der Waals surface area contributed by atoms with E-state index >= 15 is 0 Å². The first-order valence-electron chi connectivity index (χ1n) is 7.13. The molecule has 2 aliphatic heterocycles. The van der Waals surface area contributed by atoms with Crippen LogP contribution in [0.5, 0.6) is 5.75 Å². The number of hydrogen-bond acceptors (Lipinski definition) is 6. The SMILES string of the molecule is COc1ccc(-c2nnnn2C2CC3CCC2O3)cc1N. The third kappa shape index (κ3) is 1.96. The van der Waals surface area contributed by atoms with Crippen molar-refractivity contribution in [3.63, 3.8) is 0 Å². The summed E-state index contributed by atoms with van der Waals surface area (Å²) in [5, 5.41) is 12.2. The highest BCUT2D eigenvalue weighted by atomic mass is 16.5. The molecule has 7 nitrogen and oxygen atoms in total. The molecule has 21 heavy (non-hydrogen) atoms. The molecule has 1 aromatic carbocycles. The lowest BCUT2D eigenvalue weighted by atomic mass is 9.95. The van der Waals surface area contributed by atoms with Crippen LogP contribution < -0.4 is 10.5 Å². The van der Waals surface area contributed by atoms with Gasteiger partial charge in [-0.3, -0.25) is 0 Å². The fourth-order valence-electron chi connectivity index (χ4n) is 3.35. The summed E-state index contributed by atoms with van der Waals surface area (Å²) < 4.78 is 13.0. The molecule has 2 bridgehead atoms. The van der Waals surface area contributed by atoms with Gasteiger partial charge in [-0.05, 0) is 47.9 Å². The number of rotatable bonds is 3. The second-order valence-corrected chi connectivity index (χ2v) is 5.58. The van der Waals surface area contributed by atoms with Crippen molar-refractivity contribution in [3.05, 3.63) is 18.2 Å². The van der Waals surface area contributed by atoms with Gasteiger partial charge in [-0.1, -0.05) is 0 Å². The number of nitrogen functional groups attached to an aromatic ring is 1. The van der Waals surface area contributed by atoms with Crippen LogP contribution in [0.25, 0.3) is 11.4 Å². The molecule has 2 fully saturated rings. The molecule has 1 aromatic heterocycles. The van der Waals surface area contributed by atoms with Crippen molar-refractivity contribution in [3.8, 4) is 17.1 Å². The van der Waals surface area contributed by atoms with E-state index in [-0.39, 0.29) is 12.1 Å². The molecule has 0 spiro atoms. The quantitative estimate of drug-likeness (QED) is 0.859. The van der Waals surface area contributed by atoms with Gasteiger partial charge in [0.15, 0.2) is 5.82 Å². The first-order valence-corrected chi connectivity index (χ1v) is 7.13. The fraction of sp³-hybridized carbons (Fsp3) is 0.500. The van der Waals surface area contributed by atoms with E-state index in [0.29, 0.717) is 17.5 Å². The van der Waals surface area contributed by atoms with Gasteiger partial charge < -0.3 is 15.2 Å². The van der Waals surface area contributed by atoms with Gasteiger partial charge in [0.05, 0.1) is 31.0 Å². The van der Waals surface area contributed by atoms with Crippen LogP contribution in [-0.4, -0.2) is 39.5 Å². The maximum atomic E-state index is 5.97. The molecule has 3 heterocycles. The van der Waals surface area contributed by atoms with Crippen LogP contribution in [0.3, 0.4) is 0 Å². The Morgan fingerprint density at radius 2 is 2.29 bits per heavy atom. The Kier molecular flexibility index (Phi) is 2.81. The highest BCUT2D eigenvalue weighted by Gasteiger charge is 2.43. The largest absolute Gasteiger partial charge is 0.495 e. The second-order valence-electron chi connectivity index (χ2n) is 5.58. The van der Waals surface area contributed by atoms with E-state index in [9.17, 15) is 0 Å². The third-order valence-corrected chi connectivity index (χ3v) is 4.37. The molecular formula is C14H17N5O2. The minimum atomic E-state index is 0.220. The molecule has 2 saturated heterocycles. The van der Waals surface area contributed by atoms with Gasteiger partial charge in [0.1, 0.15) is 5.75 Å². The predicted molar refractivity (Wildman–Crippen MR) is 75.8 cm³/mol. The Labute approximate surface area is 122 Å². The zero-order valence-corrected chi connectivity index (χ0v) is 11.8. The highest BCUT2D eigenvalue weighted by Crippen LogP contribution is 2.42. The molecule has 2 aliphatic rings. The number of fused-ring (bicyclic) bond motifs is 2. The smallest absolute Gasteiger partial charge is 0.182 e. The summed E-state index contributed by atoms with van der Waals surface area (Å²) in [6.07, 6.45) is 3.80. The topological polar surface area (TPSA) is 88.1 Å². The van der Waals surface area contributed by atoms with Gasteiger partial charge in [-0.2, -0.15) is 0 Å². The van der Waals surface area contributed by atoms with Crippen LogP contribution in [0, 0.1) is 0 Å². The van der Waals surface area contributed by atoms with E-state index in [1.54, 1.807) is 7.11 Å². The van der Waals surface area contributed by atoms with Crippen molar-refractivity contribution in [2.75, 3.05) is 12.8 Å². The molecule has 7 heteroatoms. The monoisotopic (exact) mass is 287 g/mol. The third-order valence-electron chi connectivity index (χ3n) is 4.37. The summed E-state index contributed by atoms with van der Waals surface area (Å²) in [5.74, 6) is 1.38. The zero-order valence-electron chi connectivity index (χ0n) is 11.8. The van der Waals surface area contributed by atoms with Crippen molar-refractivity contribution < 1.29 is 9.47 Å². The Morgan fingerprint density at radius 3 is 2.95 bits per heavy atom. The van der Waals surface area contributed by atoms with E-state index in [2.05, 4.69) is 15.5 Å². The van der Waals surface area contributed by atoms with E-state index in [4.69, 9.17) is 15.2 Å². The minimum Gasteiger partial charge on any atom is -0.495 e. The maximum Gasteiger partial charge on any atom is 0.182 e. The molecule has 0 radical (unpaired) electrons. The Balaban J connectivity index is 1.70. The lowest BCUT2D eigenvalue weighted by molar-refractivity contribution is 0.0922. The number of tetrazole rings is 1. The molecule has 3 atom stereocenters. The standard InChI is InChI=1S/C14H17N5O2/c1-20-12-4-2-8(6-10(12)15)14-16-17-18-19(14)11-7-9-3-5-13(11)21-9/h2,4,6,9,11,13H,3,5,7,15H2,1H3. The number of aromatic nitrogens is 4. The number of nitrogens with zero attached hydrogens (tertiary/aromatic N) is 4. The summed E-state index contributed by atoms with van der Waals surface area (Å²) in [6, 6.07) is 5.82. The molecule has 0 saturated carbocycles. The van der Waals surface area contributed by atoms with Crippen molar-refractivity contribution >= 4 is 5.69 Å². The molecule has 2 aromatic rings. The summed E-state index contributed by atoms with van der Waals surface area (Å²) in [6.45, 7) is 0. The number of benzene rings is 1. The molecule has 2 N–H and O–H groups in total. The van der Waals surface area contributed by atoms with Crippen molar-refractivity contribution in [1.29, 1.82) is 0 Å². The maximum absolute atomic E-state index is 5.97. The molecule has 110 valence electrons. The summed E-state index contributed by atoms with van der Waals surface area (Å²) in [5.41, 5.74) is 7.44. The van der Waals surface area contributed by atoms with Gasteiger partial charge >= 0.3 is 0 Å². The Bertz CT molecular complexity index is 671. The number of anilines is 1. The van der Waals surface area contributed by atoms with E-state index in [1.807, 2.05) is 22.9 Å². The van der Waals surface area contributed by atoms with Crippen molar-refractivity contribution in [2.45, 2.75) is 37.5 Å². The summed E-state index contributed by atoms with van der Waals surface area (Å²) in [7, 11) is 1.60. The number of nitrogens with two attached hydrogens (primary N) is 1. The lowest BCUT2D eigenvalue weighted by Gasteiger charge is -2.19. The van der Waals surface area contributed by atoms with Gasteiger partial charge in [-0.25, -0.2) is 4.68 Å². The average Bonchev–Trinajstić information content (AvgIpc) is 3.22. The Hall–Kier alpha value is -2.15. The number of ether oxygens (including phenoxy) is 2. The van der Waals surface area contributed by atoms with Crippen molar-refractivity contribution in [2.24, 2.45) is 0 Å². The van der Waals surface area contributed by atoms with Gasteiger partial charge in [0.25, 0.3) is 0 Å². The second kappa shape index (κ2) is 4.70. The van der Waals surface area contributed by atoms with Crippen LogP contribution in [0.15, 0.2) is 18.2 Å².